The average molecular weight is 256 g/mol. The Bertz CT molecular complexity index is 584. The second kappa shape index (κ2) is 4.88. The van der Waals surface area contributed by atoms with E-state index in [4.69, 9.17) is 4.42 Å². The number of benzene rings is 1. The van der Waals surface area contributed by atoms with Gasteiger partial charge in [-0.3, -0.25) is 4.79 Å². The monoisotopic (exact) mass is 256 g/mol. The molecule has 1 aliphatic rings. The van der Waals surface area contributed by atoms with Gasteiger partial charge in [-0.05, 0) is 43.5 Å². The van der Waals surface area contributed by atoms with Crippen LogP contribution in [0.2, 0.25) is 0 Å². The topological polar surface area (TPSA) is 46.3 Å². The van der Waals surface area contributed by atoms with E-state index in [2.05, 4.69) is 4.98 Å². The fourth-order valence-corrected chi connectivity index (χ4v) is 2.50. The van der Waals surface area contributed by atoms with Crippen LogP contribution in [0.1, 0.15) is 28.8 Å². The summed E-state index contributed by atoms with van der Waals surface area (Å²) >= 11 is 0. The molecule has 4 heteroatoms. The Morgan fingerprint density at radius 3 is 2.74 bits per heavy atom. The second-order valence-corrected chi connectivity index (χ2v) is 4.92. The van der Waals surface area contributed by atoms with Crippen LogP contribution in [0.15, 0.2) is 35.1 Å². The third-order valence-electron chi connectivity index (χ3n) is 3.40. The predicted molar refractivity (Wildman–Crippen MR) is 71.8 cm³/mol. The maximum Gasteiger partial charge on any atom is 0.253 e. The fraction of sp³-hybridized carbons (Fsp3) is 0.333. The summed E-state index contributed by atoms with van der Waals surface area (Å²) in [5, 5.41) is 0. The van der Waals surface area contributed by atoms with Crippen LogP contribution in [0, 0.1) is 6.92 Å². The number of amides is 1. The van der Waals surface area contributed by atoms with Gasteiger partial charge in [0.2, 0.25) is 5.89 Å². The maximum atomic E-state index is 12.4. The molecule has 0 saturated carbocycles. The van der Waals surface area contributed by atoms with Gasteiger partial charge in [0.25, 0.3) is 5.91 Å². The van der Waals surface area contributed by atoms with Crippen molar-refractivity contribution in [3.63, 3.8) is 0 Å². The minimum Gasteiger partial charge on any atom is -0.445 e. The molecule has 19 heavy (non-hydrogen) atoms. The largest absolute Gasteiger partial charge is 0.445 e. The van der Waals surface area contributed by atoms with Crippen LogP contribution in [-0.4, -0.2) is 28.9 Å². The number of carbonyl (C=O) groups excluding carboxylic acids is 1. The van der Waals surface area contributed by atoms with Crippen LogP contribution in [0.4, 0.5) is 0 Å². The van der Waals surface area contributed by atoms with Gasteiger partial charge in [-0.2, -0.15) is 0 Å². The molecule has 0 radical (unpaired) electrons. The minimum atomic E-state index is 0.106. The number of oxazole rings is 1. The lowest BCUT2D eigenvalue weighted by Gasteiger charge is -2.16. The van der Waals surface area contributed by atoms with Crippen molar-refractivity contribution in [3.05, 3.63) is 41.8 Å². The van der Waals surface area contributed by atoms with E-state index in [-0.39, 0.29) is 5.91 Å². The van der Waals surface area contributed by atoms with Gasteiger partial charge >= 0.3 is 0 Å². The zero-order valence-electron chi connectivity index (χ0n) is 10.9. The number of likely N-dealkylation sites (tertiary alicyclic amines) is 1. The summed E-state index contributed by atoms with van der Waals surface area (Å²) in [6.07, 6.45) is 5.35. The minimum absolute atomic E-state index is 0.106. The SMILES string of the molecule is Cc1cc(C(=O)N2CCCC2)cc(-c2ncco2)c1. The number of carbonyl (C=O) groups is 1. The molecule has 1 saturated heterocycles. The van der Waals surface area contributed by atoms with Crippen molar-refractivity contribution in [3.8, 4) is 11.5 Å². The van der Waals surface area contributed by atoms with Gasteiger partial charge in [0.15, 0.2) is 0 Å². The summed E-state index contributed by atoms with van der Waals surface area (Å²) in [5.74, 6) is 0.660. The third kappa shape index (κ3) is 2.38. The van der Waals surface area contributed by atoms with Gasteiger partial charge in [-0.15, -0.1) is 0 Å². The van der Waals surface area contributed by atoms with Gasteiger partial charge < -0.3 is 9.32 Å². The van der Waals surface area contributed by atoms with E-state index in [1.165, 1.54) is 0 Å². The molecule has 0 unspecified atom stereocenters. The molecule has 0 spiro atoms. The molecule has 0 bridgehead atoms. The highest BCUT2D eigenvalue weighted by Gasteiger charge is 2.20. The number of hydrogen-bond acceptors (Lipinski definition) is 3. The standard InChI is InChI=1S/C15H16N2O2/c1-11-8-12(14-16-4-7-19-14)10-13(9-11)15(18)17-5-2-3-6-17/h4,7-10H,2-3,5-6H2,1H3. The molecule has 1 aromatic carbocycles. The average Bonchev–Trinajstić information content (AvgIpc) is 3.10. The van der Waals surface area contributed by atoms with Crippen LogP contribution in [0.25, 0.3) is 11.5 Å². The van der Waals surface area contributed by atoms with Gasteiger partial charge in [0.1, 0.15) is 6.26 Å². The Morgan fingerprint density at radius 2 is 2.05 bits per heavy atom. The summed E-state index contributed by atoms with van der Waals surface area (Å²) in [6, 6.07) is 5.76. The van der Waals surface area contributed by atoms with Crippen molar-refractivity contribution in [1.29, 1.82) is 0 Å². The van der Waals surface area contributed by atoms with Crippen molar-refractivity contribution in [1.82, 2.24) is 9.88 Å². The molecule has 2 aromatic rings. The first-order valence-corrected chi connectivity index (χ1v) is 6.55. The van der Waals surface area contributed by atoms with Gasteiger partial charge in [-0.25, -0.2) is 4.98 Å². The van der Waals surface area contributed by atoms with Crippen LogP contribution in [0.3, 0.4) is 0 Å². The lowest BCUT2D eigenvalue weighted by atomic mass is 10.1. The van der Waals surface area contributed by atoms with E-state index in [0.29, 0.717) is 5.89 Å². The third-order valence-corrected chi connectivity index (χ3v) is 3.40. The first-order valence-electron chi connectivity index (χ1n) is 6.55. The van der Waals surface area contributed by atoms with Crippen molar-refractivity contribution in [2.75, 3.05) is 13.1 Å². The zero-order valence-corrected chi connectivity index (χ0v) is 10.9. The highest BCUT2D eigenvalue weighted by molar-refractivity contribution is 5.95. The molecular weight excluding hydrogens is 240 g/mol. The summed E-state index contributed by atoms with van der Waals surface area (Å²) < 4.78 is 5.30. The quantitative estimate of drug-likeness (QED) is 0.830. The number of aromatic nitrogens is 1. The van der Waals surface area contributed by atoms with Crippen molar-refractivity contribution in [2.24, 2.45) is 0 Å². The van der Waals surface area contributed by atoms with E-state index < -0.39 is 0 Å². The van der Waals surface area contributed by atoms with Crippen molar-refractivity contribution < 1.29 is 9.21 Å². The molecular formula is C15H16N2O2. The van der Waals surface area contributed by atoms with E-state index >= 15 is 0 Å². The number of rotatable bonds is 2. The van der Waals surface area contributed by atoms with Crippen LogP contribution < -0.4 is 0 Å². The summed E-state index contributed by atoms with van der Waals surface area (Å²) in [4.78, 5) is 18.4. The highest BCUT2D eigenvalue weighted by Crippen LogP contribution is 2.22. The molecule has 1 aromatic heterocycles. The van der Waals surface area contributed by atoms with E-state index in [1.54, 1.807) is 12.5 Å². The highest BCUT2D eigenvalue weighted by atomic mass is 16.3. The van der Waals surface area contributed by atoms with Crippen LogP contribution in [-0.2, 0) is 0 Å². The Kier molecular flexibility index (Phi) is 3.07. The van der Waals surface area contributed by atoms with E-state index in [1.807, 2.05) is 30.0 Å². The molecule has 3 rings (SSSR count). The second-order valence-electron chi connectivity index (χ2n) is 4.92. The molecule has 4 nitrogen and oxygen atoms in total. The Morgan fingerprint density at radius 1 is 1.26 bits per heavy atom. The summed E-state index contributed by atoms with van der Waals surface area (Å²) in [5.41, 5.74) is 2.61. The Balaban J connectivity index is 1.95. The van der Waals surface area contributed by atoms with Crippen LogP contribution >= 0.6 is 0 Å². The Labute approximate surface area is 112 Å². The van der Waals surface area contributed by atoms with Crippen molar-refractivity contribution in [2.45, 2.75) is 19.8 Å². The molecule has 1 fully saturated rings. The Hall–Kier alpha value is -2.10. The lowest BCUT2D eigenvalue weighted by Crippen LogP contribution is -2.27. The van der Waals surface area contributed by atoms with Crippen LogP contribution in [0.5, 0.6) is 0 Å². The molecule has 2 heterocycles. The first-order chi connectivity index (χ1) is 9.24. The fourth-order valence-electron chi connectivity index (χ4n) is 2.50. The molecule has 1 amide bonds. The summed E-state index contributed by atoms with van der Waals surface area (Å²) in [6.45, 7) is 3.70. The van der Waals surface area contributed by atoms with Crippen molar-refractivity contribution >= 4 is 5.91 Å². The van der Waals surface area contributed by atoms with E-state index in [9.17, 15) is 4.79 Å². The van der Waals surface area contributed by atoms with Gasteiger partial charge in [-0.1, -0.05) is 0 Å². The maximum absolute atomic E-state index is 12.4. The molecule has 0 N–H and O–H groups in total. The zero-order chi connectivity index (χ0) is 13.2. The molecule has 98 valence electrons. The smallest absolute Gasteiger partial charge is 0.253 e. The first kappa shape index (κ1) is 12.0. The molecule has 0 atom stereocenters. The van der Waals surface area contributed by atoms with Gasteiger partial charge in [0, 0.05) is 24.2 Å². The number of hydrogen-bond donors (Lipinski definition) is 0. The lowest BCUT2D eigenvalue weighted by molar-refractivity contribution is 0.0793. The molecule has 0 aliphatic carbocycles. The summed E-state index contributed by atoms with van der Waals surface area (Å²) in [7, 11) is 0. The molecule has 1 aliphatic heterocycles. The van der Waals surface area contributed by atoms with Gasteiger partial charge in [0.05, 0.1) is 6.20 Å². The predicted octanol–water partition coefficient (Wildman–Crippen LogP) is 2.89. The number of aryl methyl sites for hydroxylation is 1. The van der Waals surface area contributed by atoms with E-state index in [0.717, 1.165) is 42.6 Å². The number of nitrogens with zero attached hydrogens (tertiary/aromatic N) is 2. The normalized spacial score (nSPS) is 14.9.